The summed E-state index contributed by atoms with van der Waals surface area (Å²) in [5, 5.41) is 2.13. The molecule has 0 spiro atoms. The zero-order valence-electron chi connectivity index (χ0n) is 21.0. The molecule has 0 radical (unpaired) electrons. The average Bonchev–Trinajstić information content (AvgIpc) is 3.03. The molecule has 0 aliphatic rings. The van der Waals surface area contributed by atoms with E-state index in [1.807, 2.05) is 109 Å². The van der Waals surface area contributed by atoms with Crippen LogP contribution in [0.2, 0.25) is 0 Å². The van der Waals surface area contributed by atoms with Crippen molar-refractivity contribution in [1.82, 2.24) is 29.9 Å². The van der Waals surface area contributed by atoms with Crippen molar-refractivity contribution < 1.29 is 0 Å². The molecule has 7 heteroatoms. The second kappa shape index (κ2) is 12.6. The van der Waals surface area contributed by atoms with Gasteiger partial charge in [0.1, 0.15) is 5.82 Å². The van der Waals surface area contributed by atoms with E-state index in [1.54, 1.807) is 31.0 Å². The van der Waals surface area contributed by atoms with Gasteiger partial charge in [-0.3, -0.25) is 24.9 Å². The van der Waals surface area contributed by atoms with Gasteiger partial charge in [0.2, 0.25) is 0 Å². The summed E-state index contributed by atoms with van der Waals surface area (Å²) in [6, 6.07) is 34.9. The number of nitrogens with two attached hydrogens (primary N) is 1. The third-order valence-electron chi connectivity index (χ3n) is 5.65. The lowest BCUT2D eigenvalue weighted by atomic mass is 10.1. The average molecular weight is 508 g/mol. The van der Waals surface area contributed by atoms with Gasteiger partial charge in [0, 0.05) is 41.8 Å². The van der Waals surface area contributed by atoms with Crippen molar-refractivity contribution in [2.45, 2.75) is 0 Å². The molecule has 6 aromatic heterocycles. The van der Waals surface area contributed by atoms with Crippen molar-refractivity contribution in [2.75, 3.05) is 5.73 Å². The highest BCUT2D eigenvalue weighted by Crippen LogP contribution is 2.22. The zero-order chi connectivity index (χ0) is 26.7. The maximum atomic E-state index is 5.68. The number of fused-ring (bicyclic) bond motifs is 3. The molecule has 7 rings (SSSR count). The molecule has 0 aliphatic carbocycles. The lowest BCUT2D eigenvalue weighted by molar-refractivity contribution is 1.25. The Morgan fingerprint density at radius 3 is 1.33 bits per heavy atom. The number of hydrogen-bond acceptors (Lipinski definition) is 7. The lowest BCUT2D eigenvalue weighted by Gasteiger charge is -2.02. The molecule has 0 aliphatic heterocycles. The highest BCUT2D eigenvalue weighted by Gasteiger charge is 2.02. The summed E-state index contributed by atoms with van der Waals surface area (Å²) < 4.78 is 0. The van der Waals surface area contributed by atoms with E-state index in [9.17, 15) is 0 Å². The molecule has 1 aromatic carbocycles. The number of nitrogens with zero attached hydrogens (tertiary/aromatic N) is 6. The molecular formula is C32H25N7. The van der Waals surface area contributed by atoms with E-state index in [0.29, 0.717) is 5.82 Å². The Morgan fingerprint density at radius 1 is 0.410 bits per heavy atom. The summed E-state index contributed by atoms with van der Waals surface area (Å²) in [6.45, 7) is 0. The first-order valence-corrected chi connectivity index (χ1v) is 12.3. The summed E-state index contributed by atoms with van der Waals surface area (Å²) in [4.78, 5) is 25.4. The minimum absolute atomic E-state index is 0.541. The third kappa shape index (κ3) is 6.61. The first-order valence-electron chi connectivity index (χ1n) is 12.3. The molecule has 0 bridgehead atoms. The van der Waals surface area contributed by atoms with Gasteiger partial charge in [0.15, 0.2) is 0 Å². The van der Waals surface area contributed by atoms with E-state index in [2.05, 4.69) is 29.9 Å². The third-order valence-corrected chi connectivity index (χ3v) is 5.65. The van der Waals surface area contributed by atoms with Crippen LogP contribution in [-0.4, -0.2) is 29.9 Å². The number of anilines is 1. The first-order chi connectivity index (χ1) is 19.3. The monoisotopic (exact) mass is 507 g/mol. The maximum absolute atomic E-state index is 5.68. The predicted molar refractivity (Wildman–Crippen MR) is 156 cm³/mol. The van der Waals surface area contributed by atoms with Crippen molar-refractivity contribution in [3.8, 4) is 22.8 Å². The van der Waals surface area contributed by atoms with Crippen LogP contribution in [0.1, 0.15) is 0 Å². The second-order valence-corrected chi connectivity index (χ2v) is 8.30. The normalized spacial score (nSPS) is 10.2. The molecule has 39 heavy (non-hydrogen) atoms. The Hall–Kier alpha value is -5.56. The molecule has 188 valence electrons. The smallest absolute Gasteiger partial charge is 0.124 e. The molecule has 0 saturated carbocycles. The fraction of sp³-hybridized carbons (Fsp3) is 0. The van der Waals surface area contributed by atoms with Crippen LogP contribution in [0.3, 0.4) is 0 Å². The van der Waals surface area contributed by atoms with Gasteiger partial charge in [0.25, 0.3) is 0 Å². The Labute approximate surface area is 226 Å². The Kier molecular flexibility index (Phi) is 8.11. The largest absolute Gasteiger partial charge is 0.384 e. The molecule has 0 atom stereocenters. The Morgan fingerprint density at radius 2 is 0.872 bits per heavy atom. The van der Waals surface area contributed by atoms with Crippen LogP contribution >= 0.6 is 0 Å². The predicted octanol–water partition coefficient (Wildman–Crippen LogP) is 6.65. The SMILES string of the molecule is Nc1ccc2ccc3ncccc3c2n1.c1ccc(-c2ccccn2)nc1.c1ccc(-c2ccccn2)nc1. The first kappa shape index (κ1) is 25.1. The van der Waals surface area contributed by atoms with Crippen molar-refractivity contribution in [3.05, 3.63) is 140 Å². The highest BCUT2D eigenvalue weighted by atomic mass is 14.8. The van der Waals surface area contributed by atoms with Gasteiger partial charge < -0.3 is 5.73 Å². The van der Waals surface area contributed by atoms with Crippen LogP contribution in [0.4, 0.5) is 5.82 Å². The summed E-state index contributed by atoms with van der Waals surface area (Å²) >= 11 is 0. The maximum Gasteiger partial charge on any atom is 0.124 e. The molecule has 7 aromatic rings. The van der Waals surface area contributed by atoms with Gasteiger partial charge in [-0.2, -0.15) is 0 Å². The van der Waals surface area contributed by atoms with E-state index >= 15 is 0 Å². The van der Waals surface area contributed by atoms with Crippen molar-refractivity contribution in [2.24, 2.45) is 0 Å². The molecule has 7 nitrogen and oxygen atoms in total. The van der Waals surface area contributed by atoms with Crippen LogP contribution in [-0.2, 0) is 0 Å². The van der Waals surface area contributed by atoms with Gasteiger partial charge in [-0.1, -0.05) is 30.3 Å². The second-order valence-electron chi connectivity index (χ2n) is 8.30. The van der Waals surface area contributed by atoms with E-state index in [1.165, 1.54) is 0 Å². The number of rotatable bonds is 2. The Balaban J connectivity index is 0.000000120. The molecule has 2 N–H and O–H groups in total. The van der Waals surface area contributed by atoms with Crippen molar-refractivity contribution >= 4 is 27.6 Å². The van der Waals surface area contributed by atoms with Crippen LogP contribution in [0.25, 0.3) is 44.6 Å². The number of pyridine rings is 6. The zero-order valence-corrected chi connectivity index (χ0v) is 21.0. The molecule has 0 saturated heterocycles. The van der Waals surface area contributed by atoms with E-state index in [4.69, 9.17) is 5.73 Å². The number of nitrogen functional groups attached to an aromatic ring is 1. The number of aromatic nitrogens is 6. The van der Waals surface area contributed by atoms with E-state index < -0.39 is 0 Å². The molecule has 0 unspecified atom stereocenters. The van der Waals surface area contributed by atoms with Gasteiger partial charge >= 0.3 is 0 Å². The van der Waals surface area contributed by atoms with E-state index in [0.717, 1.165) is 44.6 Å². The fourth-order valence-electron chi connectivity index (χ4n) is 3.81. The van der Waals surface area contributed by atoms with Gasteiger partial charge in [-0.05, 0) is 78.9 Å². The van der Waals surface area contributed by atoms with Gasteiger partial charge in [0.05, 0.1) is 33.8 Å². The van der Waals surface area contributed by atoms with Crippen molar-refractivity contribution in [1.29, 1.82) is 0 Å². The minimum atomic E-state index is 0.541. The molecule has 0 amide bonds. The van der Waals surface area contributed by atoms with E-state index in [-0.39, 0.29) is 0 Å². The van der Waals surface area contributed by atoms with Gasteiger partial charge in [-0.25, -0.2) is 4.98 Å². The lowest BCUT2D eigenvalue weighted by Crippen LogP contribution is -1.90. The van der Waals surface area contributed by atoms with Crippen molar-refractivity contribution in [3.63, 3.8) is 0 Å². The fourth-order valence-corrected chi connectivity index (χ4v) is 3.81. The topological polar surface area (TPSA) is 103 Å². The van der Waals surface area contributed by atoms with Crippen LogP contribution < -0.4 is 5.73 Å². The standard InChI is InChI=1S/C12H9N3.2C10H8N2/c13-11-6-4-8-3-5-10-9(12(8)15-11)2-1-7-14-10;2*1-3-7-11-9(5-1)10-6-2-4-8-12-10/h1-7H,(H2,13,15);2*1-8H. The van der Waals surface area contributed by atoms with Gasteiger partial charge in [-0.15, -0.1) is 0 Å². The minimum Gasteiger partial charge on any atom is -0.384 e. The summed E-state index contributed by atoms with van der Waals surface area (Å²) in [6.07, 6.45) is 8.85. The number of hydrogen-bond donors (Lipinski definition) is 1. The quantitative estimate of drug-likeness (QED) is 0.261. The van der Waals surface area contributed by atoms with Crippen LogP contribution in [0.5, 0.6) is 0 Å². The summed E-state index contributed by atoms with van der Waals surface area (Å²) in [5.74, 6) is 0.541. The number of benzene rings is 1. The Bertz CT molecular complexity index is 1600. The molecule has 0 fully saturated rings. The molecular weight excluding hydrogens is 482 g/mol. The summed E-state index contributed by atoms with van der Waals surface area (Å²) in [5.41, 5.74) is 11.2. The highest BCUT2D eigenvalue weighted by molar-refractivity contribution is 6.03. The van der Waals surface area contributed by atoms with Crippen LogP contribution in [0.15, 0.2) is 140 Å². The summed E-state index contributed by atoms with van der Waals surface area (Å²) in [7, 11) is 0. The van der Waals surface area contributed by atoms with Crippen LogP contribution in [0, 0.1) is 0 Å². The molecule has 6 heterocycles.